The van der Waals surface area contributed by atoms with Gasteiger partial charge in [0.25, 0.3) is 11.8 Å². The Morgan fingerprint density at radius 1 is 1.08 bits per heavy atom. The van der Waals surface area contributed by atoms with Crippen LogP contribution in [-0.2, 0) is 9.53 Å². The van der Waals surface area contributed by atoms with Crippen molar-refractivity contribution < 1.29 is 28.2 Å². The molecule has 1 saturated carbocycles. The molecule has 0 unspecified atom stereocenters. The van der Waals surface area contributed by atoms with Gasteiger partial charge in [-0.3, -0.25) is 14.4 Å². The summed E-state index contributed by atoms with van der Waals surface area (Å²) >= 11 is 0. The van der Waals surface area contributed by atoms with Gasteiger partial charge >= 0.3 is 0 Å². The number of carbonyl (C=O) groups is 3. The number of benzene rings is 2. The van der Waals surface area contributed by atoms with Crippen LogP contribution in [0, 0.1) is 12.7 Å². The van der Waals surface area contributed by atoms with Crippen molar-refractivity contribution in [2.75, 3.05) is 39.5 Å². The molecular formula is C30H36FN3O5. The van der Waals surface area contributed by atoms with Crippen molar-refractivity contribution in [3.63, 3.8) is 0 Å². The van der Waals surface area contributed by atoms with Crippen LogP contribution >= 0.6 is 0 Å². The highest BCUT2D eigenvalue weighted by Gasteiger charge is 2.25. The molecule has 2 aromatic carbocycles. The third-order valence-electron chi connectivity index (χ3n) is 6.76. The quantitative estimate of drug-likeness (QED) is 0.334. The van der Waals surface area contributed by atoms with Crippen molar-refractivity contribution in [3.8, 4) is 16.9 Å². The van der Waals surface area contributed by atoms with Gasteiger partial charge in [-0.25, -0.2) is 4.39 Å². The van der Waals surface area contributed by atoms with Gasteiger partial charge in [-0.1, -0.05) is 12.2 Å². The van der Waals surface area contributed by atoms with E-state index in [-0.39, 0.29) is 35.9 Å². The van der Waals surface area contributed by atoms with Gasteiger partial charge in [-0.05, 0) is 74.6 Å². The Hall–Kier alpha value is -3.72. The monoisotopic (exact) mass is 537 g/mol. The second kappa shape index (κ2) is 12.9. The zero-order chi connectivity index (χ0) is 27.9. The van der Waals surface area contributed by atoms with Crippen molar-refractivity contribution in [3.05, 3.63) is 65.0 Å². The van der Waals surface area contributed by atoms with Crippen LogP contribution in [0.4, 0.5) is 4.39 Å². The Morgan fingerprint density at radius 2 is 1.82 bits per heavy atom. The number of nitrogens with zero attached hydrogens (tertiary/aromatic N) is 1. The fraction of sp³-hybridized carbons (Fsp3) is 0.433. The summed E-state index contributed by atoms with van der Waals surface area (Å²) in [6.45, 7) is 10.1. The van der Waals surface area contributed by atoms with Gasteiger partial charge in [0.05, 0.1) is 19.8 Å². The van der Waals surface area contributed by atoms with Crippen molar-refractivity contribution >= 4 is 17.7 Å². The minimum absolute atomic E-state index is 0.0438. The standard InChI is InChI=1S/C30H36FN3O5/c1-19(2)18-32-29(36)21-6-9-24(25-15-22(16-26(31)20(25)3)30(37)33-23-7-8-23)27(17-21)39-12-4-5-28(35)34-10-13-38-14-11-34/h6,9,15-17,23H,1,4-5,7-8,10-14,18H2,2-3H3,(H,32,36)(H,33,37). The summed E-state index contributed by atoms with van der Waals surface area (Å²) in [4.78, 5) is 39.7. The first-order valence-electron chi connectivity index (χ1n) is 13.4. The maximum atomic E-state index is 15.0. The van der Waals surface area contributed by atoms with E-state index in [1.807, 2.05) is 6.92 Å². The minimum Gasteiger partial charge on any atom is -0.493 e. The van der Waals surface area contributed by atoms with Gasteiger partial charge in [-0.15, -0.1) is 0 Å². The normalized spacial score (nSPS) is 15.0. The van der Waals surface area contributed by atoms with Crippen LogP contribution in [0.2, 0.25) is 0 Å². The fourth-order valence-corrected chi connectivity index (χ4v) is 4.30. The molecule has 0 spiro atoms. The van der Waals surface area contributed by atoms with E-state index in [9.17, 15) is 18.8 Å². The predicted octanol–water partition coefficient (Wildman–Crippen LogP) is 4.02. The van der Waals surface area contributed by atoms with E-state index < -0.39 is 5.82 Å². The summed E-state index contributed by atoms with van der Waals surface area (Å²) in [6.07, 6.45) is 2.64. The summed E-state index contributed by atoms with van der Waals surface area (Å²) in [6, 6.07) is 8.00. The van der Waals surface area contributed by atoms with Crippen molar-refractivity contribution in [2.45, 2.75) is 45.6 Å². The first-order valence-corrected chi connectivity index (χ1v) is 13.4. The minimum atomic E-state index is -0.501. The van der Waals surface area contributed by atoms with Crippen molar-refractivity contribution in [2.24, 2.45) is 0 Å². The van der Waals surface area contributed by atoms with E-state index in [1.54, 1.807) is 36.1 Å². The highest BCUT2D eigenvalue weighted by atomic mass is 19.1. The van der Waals surface area contributed by atoms with Crippen LogP contribution in [0.25, 0.3) is 11.1 Å². The van der Waals surface area contributed by atoms with E-state index in [4.69, 9.17) is 9.47 Å². The lowest BCUT2D eigenvalue weighted by molar-refractivity contribution is -0.135. The molecule has 1 aliphatic carbocycles. The van der Waals surface area contributed by atoms with Crippen molar-refractivity contribution in [1.82, 2.24) is 15.5 Å². The summed E-state index contributed by atoms with van der Waals surface area (Å²) in [5.41, 5.74) is 2.84. The van der Waals surface area contributed by atoms with E-state index >= 15 is 0 Å². The van der Waals surface area contributed by atoms with Crippen LogP contribution in [-0.4, -0.2) is 68.1 Å². The Labute approximate surface area is 228 Å². The number of halogens is 1. The second-order valence-electron chi connectivity index (χ2n) is 10.2. The molecule has 208 valence electrons. The highest BCUT2D eigenvalue weighted by Crippen LogP contribution is 2.35. The molecule has 2 aliphatic rings. The molecule has 0 radical (unpaired) electrons. The molecule has 0 atom stereocenters. The predicted molar refractivity (Wildman–Crippen MR) is 146 cm³/mol. The summed E-state index contributed by atoms with van der Waals surface area (Å²) < 4.78 is 26.4. The first kappa shape index (κ1) is 28.3. The molecule has 0 bridgehead atoms. The highest BCUT2D eigenvalue weighted by molar-refractivity contribution is 5.98. The number of hydrogen-bond donors (Lipinski definition) is 2. The average molecular weight is 538 g/mol. The largest absolute Gasteiger partial charge is 0.493 e. The summed E-state index contributed by atoms with van der Waals surface area (Å²) in [5, 5.41) is 5.70. The Bertz CT molecular complexity index is 1250. The van der Waals surface area contributed by atoms with E-state index in [0.717, 1.165) is 18.4 Å². The van der Waals surface area contributed by atoms with E-state index in [0.29, 0.717) is 73.7 Å². The molecular weight excluding hydrogens is 501 g/mol. The number of carbonyl (C=O) groups excluding carboxylic acids is 3. The van der Waals surface area contributed by atoms with Gasteiger partial charge in [0.2, 0.25) is 5.91 Å². The molecule has 3 amide bonds. The number of amides is 3. The molecule has 9 heteroatoms. The Morgan fingerprint density at radius 3 is 2.51 bits per heavy atom. The van der Waals surface area contributed by atoms with Gasteiger partial charge < -0.3 is 25.0 Å². The maximum Gasteiger partial charge on any atom is 0.251 e. The molecule has 8 nitrogen and oxygen atoms in total. The molecule has 1 saturated heterocycles. The van der Waals surface area contributed by atoms with Crippen LogP contribution < -0.4 is 15.4 Å². The molecule has 1 heterocycles. The van der Waals surface area contributed by atoms with Crippen LogP contribution in [0.15, 0.2) is 42.5 Å². The Balaban J connectivity index is 1.56. The third kappa shape index (κ3) is 7.66. The lowest BCUT2D eigenvalue weighted by Gasteiger charge is -2.26. The number of rotatable bonds is 11. The number of ether oxygens (including phenoxy) is 2. The number of nitrogens with one attached hydrogen (secondary N) is 2. The Kier molecular flexibility index (Phi) is 9.35. The molecule has 2 N–H and O–H groups in total. The topological polar surface area (TPSA) is 97.0 Å². The average Bonchev–Trinajstić information content (AvgIpc) is 3.75. The number of morpholine rings is 1. The van der Waals surface area contributed by atoms with E-state index in [2.05, 4.69) is 17.2 Å². The van der Waals surface area contributed by atoms with Gasteiger partial charge in [0.1, 0.15) is 11.6 Å². The zero-order valence-electron chi connectivity index (χ0n) is 22.6. The fourth-order valence-electron chi connectivity index (χ4n) is 4.30. The van der Waals surface area contributed by atoms with E-state index in [1.165, 1.54) is 6.07 Å². The summed E-state index contributed by atoms with van der Waals surface area (Å²) in [7, 11) is 0. The van der Waals surface area contributed by atoms with Gasteiger partial charge in [0, 0.05) is 48.8 Å². The SMILES string of the molecule is C=C(C)CNC(=O)c1ccc(-c2cc(C(=O)NC3CC3)cc(F)c2C)c(OCCCC(=O)N2CCOCC2)c1. The smallest absolute Gasteiger partial charge is 0.251 e. The molecule has 2 aromatic rings. The van der Waals surface area contributed by atoms with Gasteiger partial charge in [-0.2, -0.15) is 0 Å². The zero-order valence-corrected chi connectivity index (χ0v) is 22.6. The summed E-state index contributed by atoms with van der Waals surface area (Å²) in [5.74, 6) is -0.699. The van der Waals surface area contributed by atoms with Crippen LogP contribution in [0.3, 0.4) is 0 Å². The number of hydrogen-bond acceptors (Lipinski definition) is 5. The van der Waals surface area contributed by atoms with Crippen LogP contribution in [0.1, 0.15) is 58.9 Å². The molecule has 2 fully saturated rings. The van der Waals surface area contributed by atoms with Crippen molar-refractivity contribution in [1.29, 1.82) is 0 Å². The third-order valence-corrected chi connectivity index (χ3v) is 6.76. The molecule has 4 rings (SSSR count). The maximum absolute atomic E-state index is 15.0. The lowest BCUT2D eigenvalue weighted by Crippen LogP contribution is -2.40. The lowest BCUT2D eigenvalue weighted by atomic mass is 9.95. The molecule has 0 aromatic heterocycles. The molecule has 39 heavy (non-hydrogen) atoms. The van der Waals surface area contributed by atoms with Crippen LogP contribution in [0.5, 0.6) is 5.75 Å². The first-order chi connectivity index (χ1) is 18.7. The van der Waals surface area contributed by atoms with Gasteiger partial charge in [0.15, 0.2) is 0 Å². The second-order valence-corrected chi connectivity index (χ2v) is 10.2. The molecule has 1 aliphatic heterocycles.